The van der Waals surface area contributed by atoms with E-state index in [2.05, 4.69) is 5.16 Å². The molecule has 0 atom stereocenters. The smallest absolute Gasteiger partial charge is 0.180 e. The number of oxime groups is 1. The standard InChI is InChI=1S/C5H5NO.C5H11NO/c7-6-4-2-1-3-5-6;1-5(2,3)4-6-7/h1-5H;4,7H,1-3H3. The number of hydrogen-bond acceptors (Lipinski definition) is 3. The van der Waals surface area contributed by atoms with Crippen LogP contribution >= 0.6 is 0 Å². The van der Waals surface area contributed by atoms with Crippen molar-refractivity contribution in [2.75, 3.05) is 0 Å². The van der Waals surface area contributed by atoms with Gasteiger partial charge in [-0.05, 0) is 0 Å². The summed E-state index contributed by atoms with van der Waals surface area (Å²) >= 11 is 0. The van der Waals surface area contributed by atoms with Crippen LogP contribution in [0.1, 0.15) is 20.8 Å². The molecule has 0 saturated heterocycles. The lowest BCUT2D eigenvalue weighted by Crippen LogP contribution is -2.22. The molecule has 1 N–H and O–H groups in total. The summed E-state index contributed by atoms with van der Waals surface area (Å²) in [7, 11) is 0. The summed E-state index contributed by atoms with van der Waals surface area (Å²) in [5.74, 6) is 0. The summed E-state index contributed by atoms with van der Waals surface area (Å²) in [5.41, 5.74) is 0.00868. The van der Waals surface area contributed by atoms with Crippen molar-refractivity contribution in [2.45, 2.75) is 20.8 Å². The molecule has 14 heavy (non-hydrogen) atoms. The SMILES string of the molecule is CC(C)(C)C=NO.[O-][n+]1ccccc1. The van der Waals surface area contributed by atoms with Crippen molar-refractivity contribution in [1.29, 1.82) is 0 Å². The molecule has 0 aliphatic heterocycles. The zero-order chi connectivity index (χ0) is 11.0. The lowest BCUT2D eigenvalue weighted by atomic mass is 10.00. The Kier molecular flexibility index (Phi) is 5.29. The molecule has 0 saturated carbocycles. The Labute approximate surface area is 84.1 Å². The van der Waals surface area contributed by atoms with Gasteiger partial charge in [-0.15, -0.1) is 5.16 Å². The lowest BCUT2D eigenvalue weighted by molar-refractivity contribution is -0.605. The molecule has 1 rings (SSSR count). The van der Waals surface area contributed by atoms with Gasteiger partial charge in [0.1, 0.15) is 0 Å². The molecule has 0 aliphatic rings. The fourth-order valence-electron chi connectivity index (χ4n) is 0.556. The molecular formula is C10H16N2O2. The monoisotopic (exact) mass is 196 g/mol. The van der Waals surface area contributed by atoms with Gasteiger partial charge in [0.05, 0.1) is 0 Å². The third kappa shape index (κ3) is 8.52. The van der Waals surface area contributed by atoms with E-state index in [1.807, 2.05) is 20.8 Å². The van der Waals surface area contributed by atoms with Crippen LogP contribution in [-0.2, 0) is 0 Å². The molecule has 1 heterocycles. The first kappa shape index (κ1) is 12.4. The molecule has 78 valence electrons. The Balaban J connectivity index is 0.000000241. The summed E-state index contributed by atoms with van der Waals surface area (Å²) in [5, 5.41) is 21.0. The summed E-state index contributed by atoms with van der Waals surface area (Å²) < 4.78 is 0.750. The average Bonchev–Trinajstić information content (AvgIpc) is 2.04. The molecule has 0 fully saturated rings. The average molecular weight is 196 g/mol. The molecule has 4 nitrogen and oxygen atoms in total. The fourth-order valence-corrected chi connectivity index (χ4v) is 0.556. The summed E-state index contributed by atoms with van der Waals surface area (Å²) in [4.78, 5) is 0. The van der Waals surface area contributed by atoms with Crippen molar-refractivity contribution in [1.82, 2.24) is 0 Å². The molecule has 1 aromatic rings. The van der Waals surface area contributed by atoms with Crippen LogP contribution in [0.2, 0.25) is 0 Å². The quantitative estimate of drug-likeness (QED) is 0.226. The third-order valence-corrected chi connectivity index (χ3v) is 1.13. The third-order valence-electron chi connectivity index (χ3n) is 1.13. The Morgan fingerprint density at radius 2 is 1.71 bits per heavy atom. The highest BCUT2D eigenvalue weighted by molar-refractivity contribution is 5.62. The Morgan fingerprint density at radius 1 is 1.21 bits per heavy atom. The molecule has 4 heteroatoms. The lowest BCUT2D eigenvalue weighted by Gasteiger charge is -2.06. The van der Waals surface area contributed by atoms with E-state index in [1.54, 1.807) is 18.2 Å². The molecule has 0 spiro atoms. The van der Waals surface area contributed by atoms with E-state index in [9.17, 15) is 5.21 Å². The van der Waals surface area contributed by atoms with E-state index in [0.29, 0.717) is 0 Å². The van der Waals surface area contributed by atoms with Crippen LogP contribution < -0.4 is 4.73 Å². The minimum atomic E-state index is 0.00868. The van der Waals surface area contributed by atoms with Gasteiger partial charge in [-0.2, -0.15) is 4.73 Å². The predicted octanol–water partition coefficient (Wildman–Crippen LogP) is 1.81. The topological polar surface area (TPSA) is 59.5 Å². The minimum absolute atomic E-state index is 0.00868. The van der Waals surface area contributed by atoms with Gasteiger partial charge < -0.3 is 10.4 Å². The van der Waals surface area contributed by atoms with E-state index in [0.717, 1.165) is 4.73 Å². The first-order chi connectivity index (χ1) is 6.45. The van der Waals surface area contributed by atoms with Crippen LogP contribution in [0, 0.1) is 10.6 Å². The maximum atomic E-state index is 10.2. The highest BCUT2D eigenvalue weighted by Gasteiger charge is 2.03. The Bertz CT molecular complexity index is 265. The second kappa shape index (κ2) is 5.96. The second-order valence-electron chi connectivity index (χ2n) is 3.85. The molecule has 1 aromatic heterocycles. The Hall–Kier alpha value is -1.58. The molecule has 0 aromatic carbocycles. The van der Waals surface area contributed by atoms with Gasteiger partial charge in [0.15, 0.2) is 12.4 Å². The van der Waals surface area contributed by atoms with Gasteiger partial charge in [-0.25, -0.2) is 0 Å². The molecule has 0 radical (unpaired) electrons. The van der Waals surface area contributed by atoms with Gasteiger partial charge in [0.2, 0.25) is 0 Å². The zero-order valence-electron chi connectivity index (χ0n) is 8.71. The van der Waals surface area contributed by atoms with Crippen LogP contribution in [0.3, 0.4) is 0 Å². The summed E-state index contributed by atoms with van der Waals surface area (Å²) in [6, 6.07) is 5.18. The Morgan fingerprint density at radius 3 is 1.86 bits per heavy atom. The number of aromatic nitrogens is 1. The molecule has 0 amide bonds. The van der Waals surface area contributed by atoms with Crippen molar-refractivity contribution in [2.24, 2.45) is 10.6 Å². The van der Waals surface area contributed by atoms with Gasteiger partial charge in [0.25, 0.3) is 0 Å². The van der Waals surface area contributed by atoms with Crippen molar-refractivity contribution in [3.63, 3.8) is 0 Å². The number of rotatable bonds is 0. The highest BCUT2D eigenvalue weighted by Crippen LogP contribution is 2.07. The molecule has 0 unspecified atom stereocenters. The largest absolute Gasteiger partial charge is 0.619 e. The van der Waals surface area contributed by atoms with Gasteiger partial charge in [0, 0.05) is 23.8 Å². The van der Waals surface area contributed by atoms with E-state index < -0.39 is 0 Å². The van der Waals surface area contributed by atoms with Crippen LogP contribution in [0.25, 0.3) is 0 Å². The van der Waals surface area contributed by atoms with Crippen molar-refractivity contribution in [3.8, 4) is 0 Å². The fraction of sp³-hybridized carbons (Fsp3) is 0.400. The molecular weight excluding hydrogens is 180 g/mol. The van der Waals surface area contributed by atoms with Crippen molar-refractivity contribution >= 4 is 6.21 Å². The van der Waals surface area contributed by atoms with E-state index in [-0.39, 0.29) is 5.41 Å². The van der Waals surface area contributed by atoms with Crippen LogP contribution in [0.15, 0.2) is 35.7 Å². The van der Waals surface area contributed by atoms with Crippen LogP contribution in [0.5, 0.6) is 0 Å². The second-order valence-corrected chi connectivity index (χ2v) is 3.85. The van der Waals surface area contributed by atoms with E-state index in [4.69, 9.17) is 5.21 Å². The number of hydrogen-bond donors (Lipinski definition) is 1. The first-order valence-electron chi connectivity index (χ1n) is 4.28. The van der Waals surface area contributed by atoms with Crippen molar-refractivity contribution < 1.29 is 9.94 Å². The van der Waals surface area contributed by atoms with Gasteiger partial charge in [-0.3, -0.25) is 0 Å². The maximum Gasteiger partial charge on any atom is 0.180 e. The van der Waals surface area contributed by atoms with Crippen LogP contribution in [0.4, 0.5) is 0 Å². The predicted molar refractivity (Wildman–Crippen MR) is 55.1 cm³/mol. The highest BCUT2D eigenvalue weighted by atomic mass is 16.5. The van der Waals surface area contributed by atoms with Gasteiger partial charge >= 0.3 is 0 Å². The molecule has 0 bridgehead atoms. The summed E-state index contributed by atoms with van der Waals surface area (Å²) in [6.45, 7) is 5.90. The maximum absolute atomic E-state index is 10.2. The van der Waals surface area contributed by atoms with Crippen molar-refractivity contribution in [3.05, 3.63) is 35.8 Å². The van der Waals surface area contributed by atoms with Crippen LogP contribution in [-0.4, -0.2) is 11.4 Å². The van der Waals surface area contributed by atoms with E-state index in [1.165, 1.54) is 18.6 Å². The van der Waals surface area contributed by atoms with E-state index >= 15 is 0 Å². The van der Waals surface area contributed by atoms with Gasteiger partial charge in [-0.1, -0.05) is 26.8 Å². The number of nitrogens with zero attached hydrogens (tertiary/aromatic N) is 2. The normalized spacial score (nSPS) is 10.8. The zero-order valence-corrected chi connectivity index (χ0v) is 8.71. The number of pyridine rings is 1. The molecule has 0 aliphatic carbocycles. The summed E-state index contributed by atoms with van der Waals surface area (Å²) in [6.07, 6.45) is 4.38. The first-order valence-corrected chi connectivity index (χ1v) is 4.28. The minimum Gasteiger partial charge on any atom is -0.619 e.